The van der Waals surface area contributed by atoms with Gasteiger partial charge in [-0.2, -0.15) is 0 Å². The Kier molecular flexibility index (Phi) is 10.2. The number of nitrogens with one attached hydrogen (secondary N) is 3. The Morgan fingerprint density at radius 2 is 1.58 bits per heavy atom. The van der Waals surface area contributed by atoms with Crippen molar-refractivity contribution in [2.45, 2.75) is 19.8 Å². The zero-order chi connectivity index (χ0) is 24.4. The Hall–Kier alpha value is -3.05. The second-order valence-electron chi connectivity index (χ2n) is 6.62. The molecule has 0 aliphatic heterocycles. The fourth-order valence-corrected chi connectivity index (χ4v) is 3.33. The summed E-state index contributed by atoms with van der Waals surface area (Å²) in [4.78, 5) is 25.0. The lowest BCUT2D eigenvalue weighted by Crippen LogP contribution is -2.48. The van der Waals surface area contributed by atoms with E-state index in [1.54, 1.807) is 18.2 Å². The van der Waals surface area contributed by atoms with E-state index in [1.165, 1.54) is 33.5 Å². The van der Waals surface area contributed by atoms with Gasteiger partial charge in [0.25, 0.3) is 11.8 Å². The Balaban J connectivity index is 1.96. The molecule has 0 unspecified atom stereocenters. The van der Waals surface area contributed by atoms with Crippen molar-refractivity contribution in [2.75, 3.05) is 27.9 Å². The number of methoxy groups -OCH3 is 3. The quantitative estimate of drug-likeness (QED) is 0.252. The SMILES string of the molecule is CCCCOc1ccc(C(=O)NC(=S)NNC(=O)c2cc(OC)c(OC)c(OC)c2)cc1Br. The molecule has 2 aromatic rings. The minimum absolute atomic E-state index is 0.0832. The average molecular weight is 540 g/mol. The molecule has 0 aromatic heterocycles. The molecule has 0 atom stereocenters. The van der Waals surface area contributed by atoms with E-state index < -0.39 is 11.8 Å². The van der Waals surface area contributed by atoms with E-state index in [2.05, 4.69) is 39.0 Å². The minimum Gasteiger partial charge on any atom is -0.493 e. The van der Waals surface area contributed by atoms with Crippen molar-refractivity contribution in [1.82, 2.24) is 16.2 Å². The fraction of sp³-hybridized carbons (Fsp3) is 0.318. The number of unbranched alkanes of at least 4 members (excludes halogenated alkanes) is 1. The van der Waals surface area contributed by atoms with Gasteiger partial charge in [0.05, 0.1) is 32.4 Å². The second-order valence-corrected chi connectivity index (χ2v) is 7.89. The van der Waals surface area contributed by atoms with Crippen molar-refractivity contribution < 1.29 is 28.5 Å². The van der Waals surface area contributed by atoms with Crippen LogP contribution >= 0.6 is 28.1 Å². The summed E-state index contributed by atoms with van der Waals surface area (Å²) >= 11 is 8.50. The summed E-state index contributed by atoms with van der Waals surface area (Å²) < 4.78 is 22.0. The van der Waals surface area contributed by atoms with Crippen LogP contribution in [0, 0.1) is 0 Å². The number of hydrazine groups is 1. The third-order valence-electron chi connectivity index (χ3n) is 4.39. The van der Waals surface area contributed by atoms with Crippen molar-refractivity contribution in [3.8, 4) is 23.0 Å². The molecule has 0 saturated heterocycles. The highest BCUT2D eigenvalue weighted by atomic mass is 79.9. The van der Waals surface area contributed by atoms with Crippen LogP contribution in [-0.2, 0) is 0 Å². The lowest BCUT2D eigenvalue weighted by molar-refractivity contribution is 0.0934. The minimum atomic E-state index is -0.526. The monoisotopic (exact) mass is 539 g/mol. The van der Waals surface area contributed by atoms with Crippen LogP contribution in [0.25, 0.3) is 0 Å². The van der Waals surface area contributed by atoms with Gasteiger partial charge < -0.3 is 18.9 Å². The summed E-state index contributed by atoms with van der Waals surface area (Å²) in [5.74, 6) is 0.687. The van der Waals surface area contributed by atoms with E-state index in [-0.39, 0.29) is 10.7 Å². The molecular formula is C22H26BrN3O6S. The van der Waals surface area contributed by atoms with Crippen LogP contribution in [0.4, 0.5) is 0 Å². The van der Waals surface area contributed by atoms with Gasteiger partial charge in [0, 0.05) is 11.1 Å². The first-order valence-electron chi connectivity index (χ1n) is 9.98. The predicted octanol–water partition coefficient (Wildman–Crippen LogP) is 3.60. The number of halogens is 1. The van der Waals surface area contributed by atoms with Crippen molar-refractivity contribution in [3.05, 3.63) is 45.9 Å². The summed E-state index contributed by atoms with van der Waals surface area (Å²) in [7, 11) is 4.36. The highest BCUT2D eigenvalue weighted by molar-refractivity contribution is 9.10. The molecule has 0 heterocycles. The van der Waals surface area contributed by atoms with Crippen molar-refractivity contribution in [1.29, 1.82) is 0 Å². The smallest absolute Gasteiger partial charge is 0.269 e. The summed E-state index contributed by atoms with van der Waals surface area (Å²) in [5, 5.41) is 2.42. The zero-order valence-corrected chi connectivity index (χ0v) is 21.1. The molecule has 178 valence electrons. The first-order valence-corrected chi connectivity index (χ1v) is 11.2. The Labute approximate surface area is 206 Å². The van der Waals surface area contributed by atoms with Crippen molar-refractivity contribution in [2.24, 2.45) is 0 Å². The molecule has 0 fully saturated rings. The van der Waals surface area contributed by atoms with Crippen molar-refractivity contribution >= 4 is 45.1 Å². The molecule has 2 amide bonds. The van der Waals surface area contributed by atoms with Crippen LogP contribution < -0.4 is 35.1 Å². The number of benzene rings is 2. The molecule has 0 saturated carbocycles. The molecule has 33 heavy (non-hydrogen) atoms. The van der Waals surface area contributed by atoms with Crippen molar-refractivity contribution in [3.63, 3.8) is 0 Å². The first-order chi connectivity index (χ1) is 15.8. The molecule has 0 spiro atoms. The van der Waals surface area contributed by atoms with Crippen LogP contribution in [0.3, 0.4) is 0 Å². The average Bonchev–Trinajstić information content (AvgIpc) is 2.82. The second kappa shape index (κ2) is 12.9. The largest absolute Gasteiger partial charge is 0.493 e. The number of carbonyl (C=O) groups excluding carboxylic acids is 2. The van der Waals surface area contributed by atoms with Gasteiger partial charge in [0.2, 0.25) is 5.75 Å². The maximum atomic E-state index is 12.5. The normalized spacial score (nSPS) is 10.1. The standard InChI is InChI=1S/C22H26BrN3O6S/c1-5-6-9-32-16-8-7-13(10-15(16)23)20(27)24-22(33)26-25-21(28)14-11-17(29-2)19(31-4)18(12-14)30-3/h7-8,10-12H,5-6,9H2,1-4H3,(H,25,28)(H2,24,26,27,33). The molecule has 0 aliphatic carbocycles. The third kappa shape index (κ3) is 7.22. The van der Waals surface area contributed by atoms with E-state index in [4.69, 9.17) is 31.2 Å². The summed E-state index contributed by atoms with van der Waals surface area (Å²) in [5.41, 5.74) is 5.51. The number of ether oxygens (including phenoxy) is 4. The van der Waals surface area contributed by atoms with Crippen LogP contribution in [0.15, 0.2) is 34.8 Å². The maximum absolute atomic E-state index is 12.5. The van der Waals surface area contributed by atoms with E-state index in [9.17, 15) is 9.59 Å². The van der Waals surface area contributed by atoms with Crippen LogP contribution in [0.2, 0.25) is 0 Å². The topological polar surface area (TPSA) is 107 Å². The van der Waals surface area contributed by atoms with Gasteiger partial charge in [0.15, 0.2) is 16.6 Å². The predicted molar refractivity (Wildman–Crippen MR) is 131 cm³/mol. The van der Waals surface area contributed by atoms with Gasteiger partial charge in [-0.05, 0) is 64.9 Å². The number of hydrogen-bond donors (Lipinski definition) is 3. The highest BCUT2D eigenvalue weighted by Crippen LogP contribution is 2.38. The van der Waals surface area contributed by atoms with E-state index in [1.807, 2.05) is 0 Å². The number of amides is 2. The van der Waals surface area contributed by atoms with Gasteiger partial charge >= 0.3 is 0 Å². The summed E-state index contributed by atoms with van der Waals surface area (Å²) in [6.45, 7) is 2.68. The van der Waals surface area contributed by atoms with Gasteiger partial charge in [-0.15, -0.1) is 0 Å². The molecule has 0 bridgehead atoms. The molecule has 2 aromatic carbocycles. The lowest BCUT2D eigenvalue weighted by Gasteiger charge is -2.15. The number of thiocarbonyl (C=S) groups is 1. The molecular weight excluding hydrogens is 514 g/mol. The van der Waals surface area contributed by atoms with Gasteiger partial charge in [-0.25, -0.2) is 0 Å². The van der Waals surface area contributed by atoms with Gasteiger partial charge in [-0.3, -0.25) is 25.8 Å². The van der Waals surface area contributed by atoms with Crippen LogP contribution in [-0.4, -0.2) is 44.9 Å². The third-order valence-corrected chi connectivity index (χ3v) is 5.22. The van der Waals surface area contributed by atoms with Gasteiger partial charge in [0.1, 0.15) is 5.75 Å². The fourth-order valence-electron chi connectivity index (χ4n) is 2.69. The molecule has 11 heteroatoms. The zero-order valence-electron chi connectivity index (χ0n) is 18.7. The van der Waals surface area contributed by atoms with Gasteiger partial charge in [-0.1, -0.05) is 13.3 Å². The number of carbonyl (C=O) groups is 2. The van der Waals surface area contributed by atoms with Crippen LogP contribution in [0.5, 0.6) is 23.0 Å². The number of hydrogen-bond acceptors (Lipinski definition) is 7. The van der Waals surface area contributed by atoms with E-state index in [0.29, 0.717) is 39.6 Å². The summed E-state index contributed by atoms with van der Waals surface area (Å²) in [6.07, 6.45) is 1.97. The summed E-state index contributed by atoms with van der Waals surface area (Å²) in [6, 6.07) is 7.94. The first kappa shape index (κ1) is 26.2. The maximum Gasteiger partial charge on any atom is 0.269 e. The molecule has 9 nitrogen and oxygen atoms in total. The molecule has 0 radical (unpaired) electrons. The van der Waals surface area contributed by atoms with Crippen LogP contribution in [0.1, 0.15) is 40.5 Å². The molecule has 3 N–H and O–H groups in total. The Morgan fingerprint density at radius 1 is 0.909 bits per heavy atom. The Morgan fingerprint density at radius 3 is 2.12 bits per heavy atom. The molecule has 0 aliphatic rings. The van der Waals surface area contributed by atoms with E-state index >= 15 is 0 Å². The highest BCUT2D eigenvalue weighted by Gasteiger charge is 2.17. The van der Waals surface area contributed by atoms with E-state index in [0.717, 1.165) is 12.8 Å². The Bertz CT molecular complexity index is 993. The molecule has 2 rings (SSSR count). The lowest BCUT2D eigenvalue weighted by atomic mass is 10.1. The number of rotatable bonds is 9.